The Hall–Kier alpha value is -0.920. The molecule has 0 aliphatic rings. The van der Waals surface area contributed by atoms with E-state index in [1.54, 1.807) is 18.3 Å². The van der Waals surface area contributed by atoms with Crippen molar-refractivity contribution >= 4 is 60.5 Å². The highest BCUT2D eigenvalue weighted by Gasteiger charge is 2.13. The molecule has 0 aliphatic heterocycles. The van der Waals surface area contributed by atoms with E-state index in [9.17, 15) is 4.79 Å². The molecule has 2 heterocycles. The van der Waals surface area contributed by atoms with Gasteiger partial charge in [0, 0.05) is 10.7 Å². The molecule has 88 valence electrons. The van der Waals surface area contributed by atoms with Crippen molar-refractivity contribution in [2.24, 2.45) is 0 Å². The molecule has 7 heteroatoms. The minimum atomic E-state index is -0.195. The number of hydrogen-bond donors (Lipinski definition) is 2. The van der Waals surface area contributed by atoms with E-state index >= 15 is 0 Å². The van der Waals surface area contributed by atoms with Crippen LogP contribution in [0, 0.1) is 0 Å². The predicted molar refractivity (Wildman–Crippen MR) is 76.3 cm³/mol. The number of nitrogens with two attached hydrogens (primary N) is 1. The number of thiophene rings is 1. The Kier molecular flexibility index (Phi) is 3.80. The van der Waals surface area contributed by atoms with Crippen LogP contribution in [0.2, 0.25) is 0 Å². The maximum atomic E-state index is 11.9. The fourth-order valence-corrected chi connectivity index (χ4v) is 3.09. The van der Waals surface area contributed by atoms with Crippen molar-refractivity contribution in [3.63, 3.8) is 0 Å². The second kappa shape index (κ2) is 5.16. The summed E-state index contributed by atoms with van der Waals surface area (Å²) in [5, 5.41) is 2.73. The van der Waals surface area contributed by atoms with Gasteiger partial charge in [0.25, 0.3) is 5.91 Å². The molecule has 1 amide bonds. The number of aromatic nitrogens is 1. The molecule has 0 fully saturated rings. The van der Waals surface area contributed by atoms with Gasteiger partial charge in [-0.1, -0.05) is 0 Å². The highest BCUT2D eigenvalue weighted by molar-refractivity contribution is 9.13. The largest absolute Gasteiger partial charge is 0.396 e. The van der Waals surface area contributed by atoms with E-state index in [4.69, 9.17) is 5.73 Å². The fraction of sp³-hybridized carbons (Fsp3) is 0. The number of halogens is 2. The first-order chi connectivity index (χ1) is 8.08. The summed E-state index contributed by atoms with van der Waals surface area (Å²) in [6, 6.07) is 3.41. The van der Waals surface area contributed by atoms with Gasteiger partial charge in [-0.05, 0) is 44.0 Å². The minimum absolute atomic E-state index is 0.195. The maximum Gasteiger partial charge on any atom is 0.265 e. The third-order valence-corrected chi connectivity index (χ3v) is 5.22. The van der Waals surface area contributed by atoms with Crippen molar-refractivity contribution in [3.8, 4) is 0 Å². The second-order valence-corrected chi connectivity index (χ2v) is 6.37. The first kappa shape index (κ1) is 12.5. The van der Waals surface area contributed by atoms with Crippen molar-refractivity contribution < 1.29 is 4.79 Å². The molecule has 17 heavy (non-hydrogen) atoms. The zero-order chi connectivity index (χ0) is 12.4. The highest BCUT2D eigenvalue weighted by Crippen LogP contribution is 2.32. The molecular formula is C10H7Br2N3OS. The van der Waals surface area contributed by atoms with E-state index in [0.717, 1.165) is 8.26 Å². The van der Waals surface area contributed by atoms with Gasteiger partial charge >= 0.3 is 0 Å². The van der Waals surface area contributed by atoms with Crippen LogP contribution in [0.4, 0.5) is 11.4 Å². The Bertz CT molecular complexity index is 551. The molecule has 2 aromatic heterocycles. The first-order valence-corrected chi connectivity index (χ1v) is 6.94. The summed E-state index contributed by atoms with van der Waals surface area (Å²) in [4.78, 5) is 16.4. The number of anilines is 2. The summed E-state index contributed by atoms with van der Waals surface area (Å²) in [5.74, 6) is -0.195. The Morgan fingerprint density at radius 3 is 2.82 bits per heavy atom. The lowest BCUT2D eigenvalue weighted by atomic mass is 10.3. The van der Waals surface area contributed by atoms with Crippen LogP contribution < -0.4 is 11.1 Å². The minimum Gasteiger partial charge on any atom is -0.396 e. The van der Waals surface area contributed by atoms with Crippen molar-refractivity contribution in [2.45, 2.75) is 0 Å². The molecule has 4 nitrogen and oxygen atoms in total. The van der Waals surface area contributed by atoms with Gasteiger partial charge in [-0.15, -0.1) is 11.3 Å². The quantitative estimate of drug-likeness (QED) is 0.842. The van der Waals surface area contributed by atoms with Crippen LogP contribution in [-0.4, -0.2) is 10.9 Å². The van der Waals surface area contributed by atoms with E-state index in [-0.39, 0.29) is 5.91 Å². The normalized spacial score (nSPS) is 10.2. The van der Waals surface area contributed by atoms with Crippen LogP contribution in [0.5, 0.6) is 0 Å². The molecule has 0 unspecified atom stereocenters. The van der Waals surface area contributed by atoms with Crippen LogP contribution in [-0.2, 0) is 0 Å². The lowest BCUT2D eigenvalue weighted by Gasteiger charge is -2.05. The van der Waals surface area contributed by atoms with Gasteiger partial charge in [-0.3, -0.25) is 9.78 Å². The van der Waals surface area contributed by atoms with Crippen LogP contribution >= 0.6 is 43.2 Å². The SMILES string of the molecule is Nc1cnccc1NC(=O)c1cc(Br)c(Br)s1. The van der Waals surface area contributed by atoms with Gasteiger partial charge in [0.2, 0.25) is 0 Å². The van der Waals surface area contributed by atoms with Crippen molar-refractivity contribution in [2.75, 3.05) is 11.1 Å². The zero-order valence-electron chi connectivity index (χ0n) is 8.41. The number of carbonyl (C=O) groups excluding carboxylic acids is 1. The number of nitrogens with one attached hydrogen (secondary N) is 1. The van der Waals surface area contributed by atoms with Crippen LogP contribution in [0.1, 0.15) is 9.67 Å². The molecule has 0 saturated heterocycles. The zero-order valence-corrected chi connectivity index (χ0v) is 12.4. The molecule has 0 aromatic carbocycles. The number of nitrogen functional groups attached to an aromatic ring is 1. The van der Waals surface area contributed by atoms with E-state index in [2.05, 4.69) is 42.2 Å². The smallest absolute Gasteiger partial charge is 0.265 e. The topological polar surface area (TPSA) is 68.0 Å². The van der Waals surface area contributed by atoms with Crippen LogP contribution in [0.25, 0.3) is 0 Å². The van der Waals surface area contributed by atoms with E-state index in [0.29, 0.717) is 16.3 Å². The summed E-state index contributed by atoms with van der Waals surface area (Å²) in [6.07, 6.45) is 3.07. The number of carbonyl (C=O) groups is 1. The van der Waals surface area contributed by atoms with Crippen LogP contribution in [0.3, 0.4) is 0 Å². The predicted octanol–water partition coefficient (Wildman–Crippen LogP) is 3.50. The standard InChI is InChI=1S/C10H7Br2N3OS/c11-5-3-8(17-9(5)12)10(16)15-7-1-2-14-4-6(7)13/h1-4H,13H2,(H,14,15,16). The highest BCUT2D eigenvalue weighted by atomic mass is 79.9. The Morgan fingerprint density at radius 2 is 2.24 bits per heavy atom. The van der Waals surface area contributed by atoms with E-state index < -0.39 is 0 Å². The number of hydrogen-bond acceptors (Lipinski definition) is 4. The Labute approximate surface area is 118 Å². The molecule has 0 saturated carbocycles. The molecule has 0 spiro atoms. The number of pyridine rings is 1. The molecule has 2 rings (SSSR count). The lowest BCUT2D eigenvalue weighted by Crippen LogP contribution is -2.11. The maximum absolute atomic E-state index is 11.9. The first-order valence-electron chi connectivity index (χ1n) is 4.53. The molecule has 3 N–H and O–H groups in total. The van der Waals surface area contributed by atoms with Gasteiger partial charge in [-0.25, -0.2) is 0 Å². The number of nitrogens with zero attached hydrogens (tertiary/aromatic N) is 1. The Balaban J connectivity index is 2.20. The molecular weight excluding hydrogens is 370 g/mol. The molecule has 0 aliphatic carbocycles. The number of amides is 1. The molecule has 0 atom stereocenters. The van der Waals surface area contributed by atoms with Gasteiger partial charge in [0.1, 0.15) is 0 Å². The Morgan fingerprint density at radius 1 is 1.47 bits per heavy atom. The van der Waals surface area contributed by atoms with Crippen molar-refractivity contribution in [1.82, 2.24) is 4.98 Å². The van der Waals surface area contributed by atoms with Crippen molar-refractivity contribution in [1.29, 1.82) is 0 Å². The van der Waals surface area contributed by atoms with Gasteiger partial charge in [-0.2, -0.15) is 0 Å². The summed E-state index contributed by atoms with van der Waals surface area (Å²) in [5.41, 5.74) is 6.69. The summed E-state index contributed by atoms with van der Waals surface area (Å²) in [6.45, 7) is 0. The average molecular weight is 377 g/mol. The summed E-state index contributed by atoms with van der Waals surface area (Å²) < 4.78 is 1.74. The van der Waals surface area contributed by atoms with Gasteiger partial charge in [0.15, 0.2) is 0 Å². The fourth-order valence-electron chi connectivity index (χ4n) is 1.16. The summed E-state index contributed by atoms with van der Waals surface area (Å²) in [7, 11) is 0. The van der Waals surface area contributed by atoms with E-state index in [1.807, 2.05) is 0 Å². The van der Waals surface area contributed by atoms with Gasteiger partial charge < -0.3 is 11.1 Å². The van der Waals surface area contributed by atoms with Crippen molar-refractivity contribution in [3.05, 3.63) is 37.7 Å². The molecule has 0 radical (unpaired) electrons. The lowest BCUT2D eigenvalue weighted by molar-refractivity contribution is 0.103. The molecule has 0 bridgehead atoms. The average Bonchev–Trinajstić information content (AvgIpc) is 2.63. The van der Waals surface area contributed by atoms with Crippen LogP contribution in [0.15, 0.2) is 32.8 Å². The summed E-state index contributed by atoms with van der Waals surface area (Å²) >= 11 is 8.02. The van der Waals surface area contributed by atoms with E-state index in [1.165, 1.54) is 17.5 Å². The van der Waals surface area contributed by atoms with Gasteiger partial charge in [0.05, 0.1) is 26.2 Å². The number of rotatable bonds is 2. The second-order valence-electron chi connectivity index (χ2n) is 3.15. The third kappa shape index (κ3) is 2.85. The third-order valence-electron chi connectivity index (χ3n) is 1.97. The monoisotopic (exact) mass is 375 g/mol. The molecule has 2 aromatic rings.